The Labute approximate surface area is 204 Å². The second-order valence-corrected chi connectivity index (χ2v) is 11.5. The Morgan fingerprint density at radius 2 is 1.82 bits per heavy atom. The van der Waals surface area contributed by atoms with E-state index in [4.69, 9.17) is 0 Å². The van der Waals surface area contributed by atoms with Crippen LogP contribution in [0.4, 0.5) is 4.39 Å². The van der Waals surface area contributed by atoms with Gasteiger partial charge in [-0.05, 0) is 56.4 Å². The number of hydrogen-bond donors (Lipinski definition) is 2. The van der Waals surface area contributed by atoms with Crippen molar-refractivity contribution < 1.29 is 17.7 Å². The van der Waals surface area contributed by atoms with Crippen LogP contribution in [-0.2, 0) is 16.8 Å². The predicted molar refractivity (Wildman–Crippen MR) is 129 cm³/mol. The number of piperidine rings is 1. The van der Waals surface area contributed by atoms with Gasteiger partial charge in [0.2, 0.25) is 0 Å². The van der Waals surface area contributed by atoms with E-state index in [1.807, 2.05) is 4.57 Å². The zero-order chi connectivity index (χ0) is 23.5. The van der Waals surface area contributed by atoms with E-state index in [9.17, 15) is 12.8 Å². The molecule has 12 heteroatoms. The van der Waals surface area contributed by atoms with Gasteiger partial charge in [0.15, 0.2) is 11.0 Å². The highest BCUT2D eigenvalue weighted by atomic mass is 32.2. The molecule has 0 bridgehead atoms. The van der Waals surface area contributed by atoms with Gasteiger partial charge in [-0.15, -0.1) is 14.6 Å². The largest absolute Gasteiger partial charge is 0.342 e. The standard InChI is InChI=1S/C22H30FN7O2S2/c23-17-8-10-18(11-9-17)30-20(15-28-12-4-2-5-13-28)24-25-22(30)33-16-21-27-34(31,32)26-19-7-3-1-6-14-29(19)21/h8-11,21,27H,1-7,12-16H2/p+1/t21-/m0/s1. The van der Waals surface area contributed by atoms with Crippen molar-refractivity contribution in [3.05, 3.63) is 35.9 Å². The van der Waals surface area contributed by atoms with Gasteiger partial charge >= 0.3 is 10.2 Å². The third kappa shape index (κ3) is 5.45. The molecule has 4 heterocycles. The highest BCUT2D eigenvalue weighted by Gasteiger charge is 2.33. The summed E-state index contributed by atoms with van der Waals surface area (Å²) in [5, 5.41) is 9.64. The molecule has 184 valence electrons. The number of rotatable bonds is 6. The molecule has 0 unspecified atom stereocenters. The molecule has 0 aliphatic carbocycles. The van der Waals surface area contributed by atoms with Crippen LogP contribution in [0, 0.1) is 5.82 Å². The Bertz CT molecular complexity index is 1130. The molecular weight excluding hydrogens is 477 g/mol. The van der Waals surface area contributed by atoms with Crippen molar-refractivity contribution in [2.24, 2.45) is 4.40 Å². The summed E-state index contributed by atoms with van der Waals surface area (Å²) in [6.07, 6.45) is 7.01. The van der Waals surface area contributed by atoms with E-state index in [2.05, 4.69) is 24.2 Å². The number of nitrogens with one attached hydrogen (secondary N) is 2. The maximum absolute atomic E-state index is 13.6. The lowest BCUT2D eigenvalue weighted by Gasteiger charge is -2.35. The number of nitrogens with zero attached hydrogens (tertiary/aromatic N) is 5. The molecule has 34 heavy (non-hydrogen) atoms. The van der Waals surface area contributed by atoms with Gasteiger partial charge in [-0.3, -0.25) is 4.57 Å². The number of fused-ring (bicyclic) bond motifs is 1. The van der Waals surface area contributed by atoms with E-state index in [-0.39, 0.29) is 5.82 Å². The Hall–Kier alpha value is -2.02. The minimum Gasteiger partial charge on any atom is -0.342 e. The molecule has 9 nitrogen and oxygen atoms in total. The predicted octanol–water partition coefficient (Wildman–Crippen LogP) is 1.52. The topological polar surface area (TPSA) is 96.9 Å². The van der Waals surface area contributed by atoms with Crippen LogP contribution in [0.3, 0.4) is 0 Å². The molecule has 1 aromatic carbocycles. The van der Waals surface area contributed by atoms with Crippen LogP contribution < -0.4 is 9.62 Å². The maximum atomic E-state index is 13.6. The number of aromatic nitrogens is 3. The molecule has 0 saturated carbocycles. The van der Waals surface area contributed by atoms with Crippen molar-refractivity contribution in [1.29, 1.82) is 0 Å². The number of thioether (sulfide) groups is 1. The Morgan fingerprint density at radius 3 is 2.62 bits per heavy atom. The zero-order valence-corrected chi connectivity index (χ0v) is 20.8. The van der Waals surface area contributed by atoms with E-state index >= 15 is 0 Å². The lowest BCUT2D eigenvalue weighted by Crippen LogP contribution is -3.11. The summed E-state index contributed by atoms with van der Waals surface area (Å²) in [4.78, 5) is 3.56. The smallest absolute Gasteiger partial charge is 0.323 e. The Balaban J connectivity index is 1.39. The van der Waals surface area contributed by atoms with Gasteiger partial charge in [0.05, 0.1) is 13.1 Å². The average molecular weight is 509 g/mol. The first-order valence-electron chi connectivity index (χ1n) is 12.0. The first kappa shape index (κ1) is 23.7. The number of amidine groups is 1. The van der Waals surface area contributed by atoms with E-state index in [0.717, 1.165) is 57.0 Å². The Kier molecular flexibility index (Phi) is 7.19. The molecule has 2 aromatic rings. The van der Waals surface area contributed by atoms with E-state index in [0.29, 0.717) is 23.2 Å². The quantitative estimate of drug-likeness (QED) is 0.575. The highest BCUT2D eigenvalue weighted by molar-refractivity contribution is 7.99. The van der Waals surface area contributed by atoms with Crippen LogP contribution in [0.25, 0.3) is 5.69 Å². The molecule has 0 amide bonds. The number of benzene rings is 1. The Morgan fingerprint density at radius 1 is 1.06 bits per heavy atom. The average Bonchev–Trinajstić information content (AvgIpc) is 3.06. The van der Waals surface area contributed by atoms with Crippen molar-refractivity contribution in [2.45, 2.75) is 62.8 Å². The van der Waals surface area contributed by atoms with Gasteiger partial charge in [0, 0.05) is 24.4 Å². The van der Waals surface area contributed by atoms with Gasteiger partial charge in [0.25, 0.3) is 0 Å². The van der Waals surface area contributed by atoms with Crippen LogP contribution in [0.15, 0.2) is 33.8 Å². The molecule has 2 saturated heterocycles. The maximum Gasteiger partial charge on any atom is 0.323 e. The van der Waals surface area contributed by atoms with Gasteiger partial charge in [-0.1, -0.05) is 18.2 Å². The lowest BCUT2D eigenvalue weighted by atomic mass is 10.1. The highest BCUT2D eigenvalue weighted by Crippen LogP contribution is 2.26. The molecule has 0 spiro atoms. The molecule has 1 atom stereocenters. The van der Waals surface area contributed by atoms with Crippen LogP contribution >= 0.6 is 11.8 Å². The van der Waals surface area contributed by atoms with Crippen LogP contribution in [0.2, 0.25) is 0 Å². The summed E-state index contributed by atoms with van der Waals surface area (Å²) in [5.74, 6) is 1.66. The van der Waals surface area contributed by atoms with Crippen LogP contribution in [0.5, 0.6) is 0 Å². The number of quaternary nitrogens is 1. The van der Waals surface area contributed by atoms with Gasteiger partial charge < -0.3 is 9.80 Å². The summed E-state index contributed by atoms with van der Waals surface area (Å²) in [7, 11) is -3.71. The zero-order valence-electron chi connectivity index (χ0n) is 19.1. The fraction of sp³-hybridized carbons (Fsp3) is 0.591. The van der Waals surface area contributed by atoms with Gasteiger partial charge in [-0.2, -0.15) is 13.1 Å². The molecule has 3 aliphatic rings. The summed E-state index contributed by atoms with van der Waals surface area (Å²) in [6.45, 7) is 3.75. The minimum absolute atomic E-state index is 0.293. The van der Waals surface area contributed by atoms with Gasteiger partial charge in [0.1, 0.15) is 24.4 Å². The van der Waals surface area contributed by atoms with Crippen LogP contribution in [0.1, 0.15) is 50.8 Å². The third-order valence-electron chi connectivity index (χ3n) is 6.64. The second kappa shape index (κ2) is 10.3. The molecule has 2 fully saturated rings. The first-order valence-corrected chi connectivity index (χ1v) is 14.5. The van der Waals surface area contributed by atoms with Crippen LogP contribution in [-0.4, -0.2) is 65.5 Å². The van der Waals surface area contributed by atoms with E-state index in [1.165, 1.54) is 48.1 Å². The molecule has 5 rings (SSSR count). The van der Waals surface area contributed by atoms with Crippen molar-refractivity contribution in [3.63, 3.8) is 0 Å². The monoisotopic (exact) mass is 508 g/mol. The van der Waals surface area contributed by atoms with Crippen molar-refractivity contribution >= 4 is 27.8 Å². The molecule has 0 radical (unpaired) electrons. The van der Waals surface area contributed by atoms with Crippen molar-refractivity contribution in [2.75, 3.05) is 25.4 Å². The summed E-state index contributed by atoms with van der Waals surface area (Å²) < 4.78 is 47.0. The van der Waals surface area contributed by atoms with Crippen molar-refractivity contribution in [3.8, 4) is 5.69 Å². The number of halogens is 1. The number of hydrogen-bond acceptors (Lipinski definition) is 6. The lowest BCUT2D eigenvalue weighted by molar-refractivity contribution is -0.919. The minimum atomic E-state index is -3.71. The van der Waals surface area contributed by atoms with E-state index < -0.39 is 16.4 Å². The first-order chi connectivity index (χ1) is 16.5. The molecule has 1 aromatic heterocycles. The summed E-state index contributed by atoms with van der Waals surface area (Å²) in [6, 6.07) is 6.36. The second-order valence-electron chi connectivity index (χ2n) is 9.13. The molecular formula is C22H31FN7O2S2+. The van der Waals surface area contributed by atoms with Crippen molar-refractivity contribution in [1.82, 2.24) is 24.4 Å². The summed E-state index contributed by atoms with van der Waals surface area (Å²) in [5.41, 5.74) is 0.807. The SMILES string of the molecule is O=S1(=O)N=C2CCCCCN2[C@@H](CSc2nnc(C[NH+]3CCCCC3)n2-c2ccc(F)cc2)N1. The molecule has 2 N–H and O–H groups in total. The summed E-state index contributed by atoms with van der Waals surface area (Å²) >= 11 is 1.46. The van der Waals surface area contributed by atoms with E-state index in [1.54, 1.807) is 12.1 Å². The van der Waals surface area contributed by atoms with Gasteiger partial charge in [-0.25, -0.2) is 4.39 Å². The number of likely N-dealkylation sites (tertiary alicyclic amines) is 1. The fourth-order valence-electron chi connectivity index (χ4n) is 4.94. The molecule has 3 aliphatic heterocycles. The third-order valence-corrected chi connectivity index (χ3v) is 8.67. The normalized spacial score (nSPS) is 23.3. The fourth-order valence-corrected chi connectivity index (χ4v) is 7.13.